The molecule has 158 valence electrons. The molecule has 32 heavy (non-hydrogen) atoms. The summed E-state index contributed by atoms with van der Waals surface area (Å²) in [5.41, 5.74) is 8.73. The zero-order valence-corrected chi connectivity index (χ0v) is 18.3. The van der Waals surface area contributed by atoms with Gasteiger partial charge in [0.15, 0.2) is 0 Å². The number of carbonyl (C=O) groups excluding carboxylic acids is 2. The molecule has 1 aliphatic heterocycles. The Balaban J connectivity index is 1.28. The van der Waals surface area contributed by atoms with Gasteiger partial charge in [0.1, 0.15) is 5.01 Å². The van der Waals surface area contributed by atoms with Gasteiger partial charge in [0, 0.05) is 26.4 Å². The molecule has 2 aromatic carbocycles. The molecule has 1 aliphatic rings. The third kappa shape index (κ3) is 4.08. The highest BCUT2D eigenvalue weighted by Gasteiger charge is 2.20. The number of nitrogens with two attached hydrogens (primary N) is 1. The van der Waals surface area contributed by atoms with Crippen molar-refractivity contribution in [3.8, 4) is 10.7 Å². The van der Waals surface area contributed by atoms with Crippen LogP contribution >= 0.6 is 23.1 Å². The van der Waals surface area contributed by atoms with Gasteiger partial charge < -0.3 is 16.4 Å². The van der Waals surface area contributed by atoms with Crippen molar-refractivity contribution in [1.29, 1.82) is 0 Å². The summed E-state index contributed by atoms with van der Waals surface area (Å²) in [7, 11) is 0. The number of hydrogen-bond donors (Lipinski definition) is 3. The number of rotatable bonds is 4. The molecule has 0 spiro atoms. The average molecular weight is 460 g/mol. The molecule has 0 saturated heterocycles. The average Bonchev–Trinajstić information content (AvgIpc) is 3.23. The zero-order valence-electron chi connectivity index (χ0n) is 16.7. The molecule has 0 fully saturated rings. The summed E-state index contributed by atoms with van der Waals surface area (Å²) in [6, 6.07) is 16.4. The third-order valence-electron chi connectivity index (χ3n) is 4.82. The monoisotopic (exact) mass is 459 g/mol. The Labute approximate surface area is 192 Å². The number of pyridine rings is 1. The Bertz CT molecular complexity index is 1330. The normalized spacial score (nSPS) is 12.3. The number of hydrogen-bond acceptors (Lipinski definition) is 7. The van der Waals surface area contributed by atoms with Gasteiger partial charge >= 0.3 is 0 Å². The molecule has 5 rings (SSSR count). The van der Waals surface area contributed by atoms with E-state index in [1.54, 1.807) is 36.7 Å². The Morgan fingerprint density at radius 3 is 2.75 bits per heavy atom. The molecule has 2 aromatic heterocycles. The summed E-state index contributed by atoms with van der Waals surface area (Å²) in [4.78, 5) is 36.6. The molecule has 0 aliphatic carbocycles. The second-order valence-electron chi connectivity index (χ2n) is 7.05. The van der Waals surface area contributed by atoms with Gasteiger partial charge in [-0.15, -0.1) is 11.3 Å². The first-order valence-electron chi connectivity index (χ1n) is 9.74. The fourth-order valence-electron chi connectivity index (χ4n) is 3.22. The van der Waals surface area contributed by atoms with Crippen molar-refractivity contribution in [3.63, 3.8) is 0 Å². The third-order valence-corrected chi connectivity index (χ3v) is 7.00. The Kier molecular flexibility index (Phi) is 5.34. The first kappa shape index (κ1) is 20.2. The number of anilines is 2. The highest BCUT2D eigenvalue weighted by molar-refractivity contribution is 7.99. The van der Waals surface area contributed by atoms with E-state index in [0.717, 1.165) is 25.4 Å². The fraction of sp³-hybridized carbons (Fsp3) is 0.0435. The lowest BCUT2D eigenvalue weighted by Gasteiger charge is -2.09. The van der Waals surface area contributed by atoms with Gasteiger partial charge in [-0.25, -0.2) is 4.98 Å². The predicted molar refractivity (Wildman–Crippen MR) is 126 cm³/mol. The second kappa shape index (κ2) is 8.45. The van der Waals surface area contributed by atoms with Crippen molar-refractivity contribution in [2.45, 2.75) is 16.3 Å². The minimum absolute atomic E-state index is 0.183. The van der Waals surface area contributed by atoms with Crippen LogP contribution in [0.5, 0.6) is 0 Å². The fourth-order valence-corrected chi connectivity index (χ4v) is 5.06. The topological polar surface area (TPSA) is 110 Å². The van der Waals surface area contributed by atoms with E-state index in [1.165, 1.54) is 23.1 Å². The summed E-state index contributed by atoms with van der Waals surface area (Å²) < 4.78 is 0. The van der Waals surface area contributed by atoms with Crippen molar-refractivity contribution in [3.05, 3.63) is 83.0 Å². The molecule has 4 aromatic rings. The number of carbonyl (C=O) groups is 2. The number of aromatic nitrogens is 2. The minimum atomic E-state index is -0.227. The van der Waals surface area contributed by atoms with E-state index in [1.807, 2.05) is 30.3 Å². The van der Waals surface area contributed by atoms with Crippen LogP contribution < -0.4 is 16.4 Å². The van der Waals surface area contributed by atoms with Gasteiger partial charge in [-0.2, -0.15) is 0 Å². The number of nitrogen functional groups attached to an aromatic ring is 1. The molecular weight excluding hydrogens is 442 g/mol. The molecule has 4 N–H and O–H groups in total. The van der Waals surface area contributed by atoms with Crippen LogP contribution in [0.3, 0.4) is 0 Å². The van der Waals surface area contributed by atoms with Crippen LogP contribution in [0.1, 0.15) is 25.6 Å². The van der Waals surface area contributed by atoms with E-state index < -0.39 is 0 Å². The Hall–Kier alpha value is -3.69. The molecule has 0 bridgehead atoms. The Morgan fingerprint density at radius 2 is 1.91 bits per heavy atom. The molecule has 9 heteroatoms. The number of nitrogens with one attached hydrogen (secondary N) is 2. The van der Waals surface area contributed by atoms with E-state index >= 15 is 0 Å². The van der Waals surface area contributed by atoms with Crippen molar-refractivity contribution < 1.29 is 9.59 Å². The van der Waals surface area contributed by atoms with Gasteiger partial charge in [0.05, 0.1) is 35.4 Å². The first-order valence-corrected chi connectivity index (χ1v) is 11.4. The molecule has 3 heterocycles. The van der Waals surface area contributed by atoms with Gasteiger partial charge in [-0.3, -0.25) is 14.6 Å². The summed E-state index contributed by atoms with van der Waals surface area (Å²) >= 11 is 2.96. The van der Waals surface area contributed by atoms with Crippen LogP contribution in [-0.4, -0.2) is 21.8 Å². The lowest BCUT2D eigenvalue weighted by atomic mass is 10.1. The van der Waals surface area contributed by atoms with Crippen molar-refractivity contribution in [2.75, 3.05) is 11.1 Å². The summed E-state index contributed by atoms with van der Waals surface area (Å²) in [6.45, 7) is 0.342. The molecule has 0 unspecified atom stereocenters. The van der Waals surface area contributed by atoms with Crippen LogP contribution in [-0.2, 0) is 6.54 Å². The maximum Gasteiger partial charge on any atom is 0.256 e. The maximum atomic E-state index is 12.7. The van der Waals surface area contributed by atoms with Crippen molar-refractivity contribution >= 4 is 46.3 Å². The number of benzene rings is 2. The van der Waals surface area contributed by atoms with Crippen LogP contribution in [0, 0.1) is 0 Å². The SMILES string of the molecule is Nc1ccc(-c2ncc(CNC(=O)c3ccc4c(c3)NC(=O)c3ccccc3S4)s2)nc1. The van der Waals surface area contributed by atoms with Gasteiger partial charge in [0.2, 0.25) is 0 Å². The van der Waals surface area contributed by atoms with Crippen LogP contribution in [0.4, 0.5) is 11.4 Å². The van der Waals surface area contributed by atoms with Gasteiger partial charge in [-0.05, 0) is 42.5 Å². The van der Waals surface area contributed by atoms with Gasteiger partial charge in [-0.1, -0.05) is 23.9 Å². The van der Waals surface area contributed by atoms with E-state index in [0.29, 0.717) is 29.0 Å². The Morgan fingerprint density at radius 1 is 1.03 bits per heavy atom. The van der Waals surface area contributed by atoms with Crippen LogP contribution in [0.15, 0.2) is 76.8 Å². The molecule has 0 radical (unpaired) electrons. The second-order valence-corrected chi connectivity index (χ2v) is 9.25. The number of fused-ring (bicyclic) bond motifs is 2. The highest BCUT2D eigenvalue weighted by atomic mass is 32.2. The summed E-state index contributed by atoms with van der Waals surface area (Å²) in [5.74, 6) is -0.410. The quantitative estimate of drug-likeness (QED) is 0.416. The molecule has 0 saturated carbocycles. The minimum Gasteiger partial charge on any atom is -0.397 e. The number of thiazole rings is 1. The molecular formula is C23H17N5O2S2. The van der Waals surface area contributed by atoms with Crippen LogP contribution in [0.2, 0.25) is 0 Å². The predicted octanol–water partition coefficient (Wildman–Crippen LogP) is 4.43. The lowest BCUT2D eigenvalue weighted by Crippen LogP contribution is -2.22. The standard InChI is InChI=1S/C23H17N5O2S2/c24-14-6-7-17(25-10-14)23-27-12-15(31-23)11-26-21(29)13-5-8-20-18(9-13)28-22(30)16-3-1-2-4-19(16)32-20/h1-10,12H,11,24H2,(H,26,29)(H,28,30). The van der Waals surface area contributed by atoms with E-state index in [9.17, 15) is 9.59 Å². The first-order chi connectivity index (χ1) is 15.6. The van der Waals surface area contributed by atoms with E-state index in [4.69, 9.17) is 5.73 Å². The van der Waals surface area contributed by atoms with E-state index in [-0.39, 0.29) is 11.8 Å². The van der Waals surface area contributed by atoms with Gasteiger partial charge in [0.25, 0.3) is 11.8 Å². The molecule has 7 nitrogen and oxygen atoms in total. The largest absolute Gasteiger partial charge is 0.397 e. The highest BCUT2D eigenvalue weighted by Crippen LogP contribution is 2.39. The van der Waals surface area contributed by atoms with Crippen LogP contribution in [0.25, 0.3) is 10.7 Å². The van der Waals surface area contributed by atoms with Crippen molar-refractivity contribution in [1.82, 2.24) is 15.3 Å². The lowest BCUT2D eigenvalue weighted by molar-refractivity contribution is 0.0949. The van der Waals surface area contributed by atoms with Crippen molar-refractivity contribution in [2.24, 2.45) is 0 Å². The molecule has 2 amide bonds. The number of nitrogens with zero attached hydrogens (tertiary/aromatic N) is 2. The summed E-state index contributed by atoms with van der Waals surface area (Å²) in [5, 5.41) is 6.58. The maximum absolute atomic E-state index is 12.7. The van der Waals surface area contributed by atoms with E-state index in [2.05, 4.69) is 20.6 Å². The number of amides is 2. The summed E-state index contributed by atoms with van der Waals surface area (Å²) in [6.07, 6.45) is 3.31. The zero-order chi connectivity index (χ0) is 22.1. The smallest absolute Gasteiger partial charge is 0.256 e. The molecule has 0 atom stereocenters.